The quantitative estimate of drug-likeness (QED) is 0.261. The maximum Gasteiger partial charge on any atom is 0.432 e. The van der Waals surface area contributed by atoms with Gasteiger partial charge in [-0.3, -0.25) is 0 Å². The van der Waals surface area contributed by atoms with Gasteiger partial charge in [0.2, 0.25) is 0 Å². The number of hydrogen-bond acceptors (Lipinski definition) is 1. The van der Waals surface area contributed by atoms with Gasteiger partial charge in [-0.1, -0.05) is 25.7 Å². The lowest BCUT2D eigenvalue weighted by molar-refractivity contribution is -0.189. The molecular weight excluding hydrogens is 509 g/mol. The minimum Gasteiger partial charge on any atom is -0.429 e. The monoisotopic (exact) mass is 542 g/mol. The van der Waals surface area contributed by atoms with Crippen LogP contribution in [0.3, 0.4) is 0 Å². The van der Waals surface area contributed by atoms with E-state index in [4.69, 9.17) is 0 Å². The highest BCUT2D eigenvalue weighted by Crippen LogP contribution is 2.47. The summed E-state index contributed by atoms with van der Waals surface area (Å²) in [6.45, 7) is 0. The molecule has 0 heterocycles. The second-order valence-electron chi connectivity index (χ2n) is 11.5. The number of hydrogen-bond donors (Lipinski definition) is 0. The summed E-state index contributed by atoms with van der Waals surface area (Å²) in [4.78, 5) is 0. The molecule has 0 aliphatic heterocycles. The summed E-state index contributed by atoms with van der Waals surface area (Å²) >= 11 is 0. The van der Waals surface area contributed by atoms with Crippen molar-refractivity contribution in [3.05, 3.63) is 64.5 Å². The predicted molar refractivity (Wildman–Crippen MR) is 129 cm³/mol. The van der Waals surface area contributed by atoms with E-state index in [1.54, 1.807) is 0 Å². The summed E-state index contributed by atoms with van der Waals surface area (Å²) in [6, 6.07) is 2.19. The first-order chi connectivity index (χ1) is 18.1. The maximum atomic E-state index is 14.8. The molecule has 8 heteroatoms. The summed E-state index contributed by atoms with van der Waals surface area (Å²) in [6.07, 6.45) is 9.45. The van der Waals surface area contributed by atoms with Gasteiger partial charge >= 0.3 is 6.11 Å². The van der Waals surface area contributed by atoms with Crippen molar-refractivity contribution in [3.63, 3.8) is 0 Å². The van der Waals surface area contributed by atoms with Crippen LogP contribution < -0.4 is 4.74 Å². The highest BCUT2D eigenvalue weighted by molar-refractivity contribution is 5.33. The molecule has 0 spiro atoms. The molecule has 208 valence electrons. The summed E-state index contributed by atoms with van der Waals surface area (Å²) in [7, 11) is 0. The van der Waals surface area contributed by atoms with Gasteiger partial charge in [0.15, 0.2) is 17.5 Å². The predicted octanol–water partition coefficient (Wildman–Crippen LogP) is 9.78. The van der Waals surface area contributed by atoms with Crippen LogP contribution in [-0.4, -0.2) is 0 Å². The van der Waals surface area contributed by atoms with Crippen molar-refractivity contribution in [2.24, 2.45) is 23.7 Å². The molecule has 0 N–H and O–H groups in total. The van der Waals surface area contributed by atoms with Crippen LogP contribution >= 0.6 is 0 Å². The lowest BCUT2D eigenvalue weighted by atomic mass is 9.66. The lowest BCUT2D eigenvalue weighted by Crippen LogP contribution is -2.28. The van der Waals surface area contributed by atoms with Gasteiger partial charge in [-0.05, 0) is 98.7 Å². The first-order valence-corrected chi connectivity index (χ1v) is 13.8. The zero-order chi connectivity index (χ0) is 27.0. The second-order valence-corrected chi connectivity index (χ2v) is 11.5. The van der Waals surface area contributed by atoms with Gasteiger partial charge in [-0.25, -0.2) is 22.0 Å². The molecular formula is C30H33F7O. The summed E-state index contributed by atoms with van der Waals surface area (Å²) in [5.74, 6) is -6.53. The van der Waals surface area contributed by atoms with Crippen molar-refractivity contribution < 1.29 is 35.5 Å². The first kappa shape index (κ1) is 27.3. The third-order valence-corrected chi connectivity index (χ3v) is 9.35. The van der Waals surface area contributed by atoms with Crippen LogP contribution in [0.1, 0.15) is 94.1 Å². The normalized spacial score (nSPS) is 27.0. The van der Waals surface area contributed by atoms with Crippen molar-refractivity contribution in [2.75, 3.05) is 0 Å². The SMILES string of the molecule is Fc1cc(OC(F)(F)c2c(F)cc(C3CCC(C4CCC(C5CCCC5)CC4)CC3)cc2F)cc(F)c1F. The molecule has 2 aromatic rings. The molecule has 38 heavy (non-hydrogen) atoms. The van der Waals surface area contributed by atoms with E-state index in [-0.39, 0.29) is 18.1 Å². The van der Waals surface area contributed by atoms with E-state index in [2.05, 4.69) is 4.74 Å². The smallest absolute Gasteiger partial charge is 0.429 e. The number of alkyl halides is 2. The lowest BCUT2D eigenvalue weighted by Gasteiger charge is -2.39. The van der Waals surface area contributed by atoms with E-state index < -0.39 is 46.5 Å². The molecule has 0 radical (unpaired) electrons. The summed E-state index contributed by atoms with van der Waals surface area (Å²) < 4.78 is 103. The van der Waals surface area contributed by atoms with Crippen molar-refractivity contribution in [1.29, 1.82) is 0 Å². The molecule has 2 aromatic carbocycles. The average molecular weight is 543 g/mol. The Morgan fingerprint density at radius 1 is 0.553 bits per heavy atom. The first-order valence-electron chi connectivity index (χ1n) is 13.8. The molecule has 3 fully saturated rings. The van der Waals surface area contributed by atoms with Crippen LogP contribution in [0.2, 0.25) is 0 Å². The standard InChI is InChI=1S/C30H33F7O/c31-24-13-22(14-25(32)28(24)30(36,37)38-23-15-26(33)29(35)27(34)16-23)21-11-9-20(10-12-21)19-7-5-18(6-8-19)17-3-1-2-4-17/h13-21H,1-12H2. The Bertz CT molecular complexity index is 1080. The van der Waals surface area contributed by atoms with Crippen LogP contribution in [-0.2, 0) is 6.11 Å². The largest absolute Gasteiger partial charge is 0.432 e. The summed E-state index contributed by atoms with van der Waals surface area (Å²) in [5, 5.41) is 0. The Hall–Kier alpha value is -2.25. The molecule has 0 bridgehead atoms. The van der Waals surface area contributed by atoms with Gasteiger partial charge in [0, 0.05) is 12.1 Å². The molecule has 0 aromatic heterocycles. The third-order valence-electron chi connectivity index (χ3n) is 9.35. The molecule has 0 amide bonds. The van der Waals surface area contributed by atoms with Gasteiger partial charge in [-0.15, -0.1) is 0 Å². The van der Waals surface area contributed by atoms with Crippen LogP contribution in [0.5, 0.6) is 5.75 Å². The highest BCUT2D eigenvalue weighted by atomic mass is 19.3. The zero-order valence-corrected chi connectivity index (χ0v) is 21.2. The van der Waals surface area contributed by atoms with Gasteiger partial charge in [0.1, 0.15) is 22.9 Å². The molecule has 0 saturated heterocycles. The van der Waals surface area contributed by atoms with Crippen molar-refractivity contribution in [3.8, 4) is 5.75 Å². The van der Waals surface area contributed by atoms with Gasteiger partial charge in [0.05, 0.1) is 0 Å². The minimum atomic E-state index is -4.57. The molecule has 3 saturated carbocycles. The van der Waals surface area contributed by atoms with E-state index in [1.165, 1.54) is 51.4 Å². The zero-order valence-electron chi connectivity index (χ0n) is 21.2. The van der Waals surface area contributed by atoms with Crippen LogP contribution in [0.25, 0.3) is 0 Å². The van der Waals surface area contributed by atoms with Gasteiger partial charge < -0.3 is 4.74 Å². The van der Waals surface area contributed by atoms with Crippen molar-refractivity contribution >= 4 is 0 Å². The van der Waals surface area contributed by atoms with E-state index in [1.807, 2.05) is 0 Å². The van der Waals surface area contributed by atoms with Crippen molar-refractivity contribution in [2.45, 2.75) is 89.1 Å². The molecule has 1 nitrogen and oxygen atoms in total. The van der Waals surface area contributed by atoms with Crippen LogP contribution in [0, 0.1) is 52.8 Å². The van der Waals surface area contributed by atoms with E-state index >= 15 is 0 Å². The van der Waals surface area contributed by atoms with Crippen LogP contribution in [0.15, 0.2) is 24.3 Å². The maximum absolute atomic E-state index is 14.8. The van der Waals surface area contributed by atoms with E-state index in [0.29, 0.717) is 17.4 Å². The number of benzene rings is 2. The van der Waals surface area contributed by atoms with Gasteiger partial charge in [0.25, 0.3) is 0 Å². The average Bonchev–Trinajstić information content (AvgIpc) is 3.42. The molecule has 0 unspecified atom stereocenters. The Labute approximate surface area is 218 Å². The van der Waals surface area contributed by atoms with Crippen molar-refractivity contribution in [1.82, 2.24) is 0 Å². The number of rotatable bonds is 6. The number of halogens is 7. The topological polar surface area (TPSA) is 9.23 Å². The molecule has 3 aliphatic rings. The number of ether oxygens (including phenoxy) is 1. The summed E-state index contributed by atoms with van der Waals surface area (Å²) in [5.41, 5.74) is -1.33. The Morgan fingerprint density at radius 3 is 1.45 bits per heavy atom. The Morgan fingerprint density at radius 2 is 0.974 bits per heavy atom. The minimum absolute atomic E-state index is 0.131. The molecule has 5 rings (SSSR count). The Kier molecular flexibility index (Phi) is 7.97. The Balaban J connectivity index is 1.21. The fraction of sp³-hybridized carbons (Fsp3) is 0.600. The highest BCUT2D eigenvalue weighted by Gasteiger charge is 2.42. The molecule has 0 atom stereocenters. The second kappa shape index (κ2) is 11.1. The fourth-order valence-corrected chi connectivity index (χ4v) is 7.34. The molecule has 3 aliphatic carbocycles. The fourth-order valence-electron chi connectivity index (χ4n) is 7.34. The third kappa shape index (κ3) is 5.69. The van der Waals surface area contributed by atoms with Gasteiger partial charge in [-0.2, -0.15) is 8.78 Å². The van der Waals surface area contributed by atoms with Crippen LogP contribution in [0.4, 0.5) is 30.7 Å². The van der Waals surface area contributed by atoms with E-state index in [0.717, 1.165) is 49.7 Å². The van der Waals surface area contributed by atoms with E-state index in [9.17, 15) is 30.7 Å².